The Morgan fingerprint density at radius 2 is 2.50 bits per heavy atom. The van der Waals surface area contributed by atoms with E-state index in [1.165, 1.54) is 25.9 Å². The second-order valence-corrected chi connectivity index (χ2v) is 3.46. The minimum atomic E-state index is 0.884. The van der Waals surface area contributed by atoms with Crippen molar-refractivity contribution in [3.05, 3.63) is 11.6 Å². The van der Waals surface area contributed by atoms with Crippen molar-refractivity contribution in [2.75, 3.05) is 13.1 Å². The highest BCUT2D eigenvalue weighted by atomic mass is 14.9. The van der Waals surface area contributed by atoms with E-state index in [0.717, 1.165) is 11.8 Å². The SMILES string of the molecule is CCC1=CC2CNCC2C1. The maximum absolute atomic E-state index is 3.42. The van der Waals surface area contributed by atoms with E-state index in [0.29, 0.717) is 0 Å². The van der Waals surface area contributed by atoms with Crippen LogP contribution in [0.25, 0.3) is 0 Å². The van der Waals surface area contributed by atoms with Crippen LogP contribution in [0.3, 0.4) is 0 Å². The molecule has 56 valence electrons. The first kappa shape index (κ1) is 6.41. The third-order valence-corrected chi connectivity index (χ3v) is 2.82. The molecule has 0 aromatic heterocycles. The highest BCUT2D eigenvalue weighted by molar-refractivity contribution is 5.16. The van der Waals surface area contributed by atoms with Crippen molar-refractivity contribution >= 4 is 0 Å². The summed E-state index contributed by atoms with van der Waals surface area (Å²) in [5, 5.41) is 3.42. The van der Waals surface area contributed by atoms with E-state index in [1.807, 2.05) is 0 Å². The van der Waals surface area contributed by atoms with Crippen molar-refractivity contribution in [2.45, 2.75) is 19.8 Å². The van der Waals surface area contributed by atoms with Crippen molar-refractivity contribution in [3.63, 3.8) is 0 Å². The molecule has 1 heteroatoms. The molecule has 0 aromatic carbocycles. The van der Waals surface area contributed by atoms with Gasteiger partial charge in [0.15, 0.2) is 0 Å². The number of hydrogen-bond donors (Lipinski definition) is 1. The summed E-state index contributed by atoms with van der Waals surface area (Å²) in [5.41, 5.74) is 1.69. The van der Waals surface area contributed by atoms with E-state index >= 15 is 0 Å². The van der Waals surface area contributed by atoms with Gasteiger partial charge in [0.05, 0.1) is 0 Å². The molecule has 0 aromatic rings. The highest BCUT2D eigenvalue weighted by Gasteiger charge is 2.30. The fourth-order valence-corrected chi connectivity index (χ4v) is 2.14. The number of allylic oxidation sites excluding steroid dienone is 1. The lowest BCUT2D eigenvalue weighted by atomic mass is 10.00. The molecule has 0 spiro atoms. The number of hydrogen-bond acceptors (Lipinski definition) is 1. The summed E-state index contributed by atoms with van der Waals surface area (Å²) in [7, 11) is 0. The third-order valence-electron chi connectivity index (χ3n) is 2.82. The Kier molecular flexibility index (Phi) is 1.53. The Bertz CT molecular complexity index is 160. The summed E-state index contributed by atoms with van der Waals surface area (Å²) in [6, 6.07) is 0. The maximum atomic E-state index is 3.42. The van der Waals surface area contributed by atoms with E-state index in [-0.39, 0.29) is 0 Å². The zero-order valence-electron chi connectivity index (χ0n) is 6.56. The van der Waals surface area contributed by atoms with E-state index in [1.54, 1.807) is 5.57 Å². The average Bonchev–Trinajstić information content (AvgIpc) is 2.42. The van der Waals surface area contributed by atoms with Gasteiger partial charge in [0.2, 0.25) is 0 Å². The fourth-order valence-electron chi connectivity index (χ4n) is 2.14. The average molecular weight is 137 g/mol. The largest absolute Gasteiger partial charge is 0.316 e. The molecular weight excluding hydrogens is 122 g/mol. The molecule has 1 aliphatic heterocycles. The van der Waals surface area contributed by atoms with Crippen molar-refractivity contribution in [1.29, 1.82) is 0 Å². The molecule has 10 heavy (non-hydrogen) atoms. The van der Waals surface area contributed by atoms with Gasteiger partial charge in [0.1, 0.15) is 0 Å². The highest BCUT2D eigenvalue weighted by Crippen LogP contribution is 2.34. The van der Waals surface area contributed by atoms with Crippen molar-refractivity contribution in [3.8, 4) is 0 Å². The first-order chi connectivity index (χ1) is 4.90. The molecule has 2 rings (SSSR count). The van der Waals surface area contributed by atoms with E-state index in [2.05, 4.69) is 18.3 Å². The quantitative estimate of drug-likeness (QED) is 0.541. The zero-order chi connectivity index (χ0) is 6.97. The van der Waals surface area contributed by atoms with Crippen LogP contribution in [0.4, 0.5) is 0 Å². The number of rotatable bonds is 1. The lowest BCUT2D eigenvalue weighted by Crippen LogP contribution is -2.09. The molecule has 1 saturated heterocycles. The second-order valence-electron chi connectivity index (χ2n) is 3.46. The van der Waals surface area contributed by atoms with Crippen LogP contribution in [0.1, 0.15) is 19.8 Å². The molecule has 2 atom stereocenters. The molecule has 1 aliphatic carbocycles. The molecule has 0 bridgehead atoms. The van der Waals surface area contributed by atoms with Gasteiger partial charge in [0, 0.05) is 6.54 Å². The van der Waals surface area contributed by atoms with Crippen LogP contribution >= 0.6 is 0 Å². The van der Waals surface area contributed by atoms with E-state index < -0.39 is 0 Å². The summed E-state index contributed by atoms with van der Waals surface area (Å²) in [6.45, 7) is 4.75. The minimum absolute atomic E-state index is 0.884. The number of fused-ring (bicyclic) bond motifs is 1. The van der Waals surface area contributed by atoms with Crippen LogP contribution in [-0.4, -0.2) is 13.1 Å². The lowest BCUT2D eigenvalue weighted by Gasteiger charge is -2.04. The monoisotopic (exact) mass is 137 g/mol. The predicted octanol–water partition coefficient (Wildman–Crippen LogP) is 1.56. The van der Waals surface area contributed by atoms with Gasteiger partial charge in [-0.15, -0.1) is 0 Å². The molecule has 0 amide bonds. The van der Waals surface area contributed by atoms with Crippen molar-refractivity contribution < 1.29 is 0 Å². The molecular formula is C9H15N. The van der Waals surface area contributed by atoms with E-state index in [9.17, 15) is 0 Å². The van der Waals surface area contributed by atoms with E-state index in [4.69, 9.17) is 0 Å². The van der Waals surface area contributed by atoms with Gasteiger partial charge in [-0.3, -0.25) is 0 Å². The van der Waals surface area contributed by atoms with Crippen LogP contribution in [0.2, 0.25) is 0 Å². The standard InChI is InChI=1S/C9H15N/c1-2-7-3-8-5-10-6-9(8)4-7/h3,8-10H,2,4-6H2,1H3. The van der Waals surface area contributed by atoms with Crippen molar-refractivity contribution in [1.82, 2.24) is 5.32 Å². The lowest BCUT2D eigenvalue weighted by molar-refractivity contribution is 0.527. The molecule has 1 fully saturated rings. The summed E-state index contributed by atoms with van der Waals surface area (Å²) >= 11 is 0. The molecule has 0 radical (unpaired) electrons. The Morgan fingerprint density at radius 3 is 3.20 bits per heavy atom. The molecule has 2 aliphatic rings. The van der Waals surface area contributed by atoms with Gasteiger partial charge in [-0.05, 0) is 31.2 Å². The number of nitrogens with one attached hydrogen (secondary N) is 1. The maximum Gasteiger partial charge on any atom is 0.00176 e. The van der Waals surface area contributed by atoms with Gasteiger partial charge in [-0.2, -0.15) is 0 Å². The third kappa shape index (κ3) is 0.891. The normalized spacial score (nSPS) is 37.9. The first-order valence-corrected chi connectivity index (χ1v) is 4.30. The summed E-state index contributed by atoms with van der Waals surface area (Å²) < 4.78 is 0. The van der Waals surface area contributed by atoms with Crippen LogP contribution in [0.15, 0.2) is 11.6 Å². The first-order valence-electron chi connectivity index (χ1n) is 4.30. The van der Waals surface area contributed by atoms with Gasteiger partial charge in [-0.25, -0.2) is 0 Å². The van der Waals surface area contributed by atoms with Gasteiger partial charge >= 0.3 is 0 Å². The summed E-state index contributed by atoms with van der Waals surface area (Å²) in [4.78, 5) is 0. The Labute approximate surface area is 62.5 Å². The molecule has 1 nitrogen and oxygen atoms in total. The molecule has 1 N–H and O–H groups in total. The van der Waals surface area contributed by atoms with Crippen molar-refractivity contribution in [2.24, 2.45) is 11.8 Å². The Morgan fingerprint density at radius 1 is 1.60 bits per heavy atom. The van der Waals surface area contributed by atoms with Crippen LogP contribution < -0.4 is 5.32 Å². The molecule has 2 unspecified atom stereocenters. The fraction of sp³-hybridized carbons (Fsp3) is 0.778. The Hall–Kier alpha value is -0.300. The van der Waals surface area contributed by atoms with Crippen LogP contribution in [0, 0.1) is 11.8 Å². The summed E-state index contributed by atoms with van der Waals surface area (Å²) in [6.07, 6.45) is 5.13. The summed E-state index contributed by atoms with van der Waals surface area (Å²) in [5.74, 6) is 1.84. The van der Waals surface area contributed by atoms with Gasteiger partial charge in [0.25, 0.3) is 0 Å². The van der Waals surface area contributed by atoms with Crippen LogP contribution in [0.5, 0.6) is 0 Å². The molecule has 0 saturated carbocycles. The topological polar surface area (TPSA) is 12.0 Å². The second kappa shape index (κ2) is 2.39. The smallest absolute Gasteiger partial charge is 0.00176 e. The predicted molar refractivity (Wildman–Crippen MR) is 42.8 cm³/mol. The Balaban J connectivity index is 2.06. The minimum Gasteiger partial charge on any atom is -0.316 e. The zero-order valence-corrected chi connectivity index (χ0v) is 6.56. The van der Waals surface area contributed by atoms with Crippen LogP contribution in [-0.2, 0) is 0 Å². The van der Waals surface area contributed by atoms with Gasteiger partial charge in [-0.1, -0.05) is 18.6 Å². The van der Waals surface area contributed by atoms with Gasteiger partial charge < -0.3 is 5.32 Å². The molecule has 1 heterocycles.